The molecule has 1 aromatic carbocycles. The normalized spacial score (nSPS) is 10.6. The summed E-state index contributed by atoms with van der Waals surface area (Å²) in [5.41, 5.74) is 0.239. The van der Waals surface area contributed by atoms with Crippen LogP contribution < -0.4 is 0 Å². The van der Waals surface area contributed by atoms with E-state index in [1.54, 1.807) is 25.2 Å². The Bertz CT molecular complexity index is 439. The number of rotatable bonds is 8. The molecule has 0 unspecified atom stereocenters. The lowest BCUT2D eigenvalue weighted by Gasteiger charge is -2.22. The van der Waals surface area contributed by atoms with Crippen molar-refractivity contribution >= 4 is 17.5 Å². The molecule has 1 N–H and O–H groups in total. The second-order valence-electron chi connectivity index (χ2n) is 4.29. The van der Waals surface area contributed by atoms with Crippen molar-refractivity contribution in [1.29, 1.82) is 0 Å². The fraction of sp³-hybridized carbons (Fsp3) is 0.500. The Morgan fingerprint density at radius 2 is 1.95 bits per heavy atom. The van der Waals surface area contributed by atoms with E-state index >= 15 is 0 Å². The molecule has 0 aliphatic rings. The highest BCUT2D eigenvalue weighted by Crippen LogP contribution is 2.23. The van der Waals surface area contributed by atoms with Crippen molar-refractivity contribution in [2.75, 3.05) is 40.5 Å². The number of nitrogens with zero attached hydrogens (tertiary/aromatic N) is 1. The molecular weight excluding hydrogens is 282 g/mol. The maximum atomic E-state index is 12.4. The molecule has 0 aliphatic heterocycles. The van der Waals surface area contributed by atoms with Crippen LogP contribution in [0.25, 0.3) is 0 Å². The van der Waals surface area contributed by atoms with Gasteiger partial charge in [0, 0.05) is 38.9 Å². The van der Waals surface area contributed by atoms with Crippen LogP contribution in [0.5, 0.6) is 5.75 Å². The summed E-state index contributed by atoms with van der Waals surface area (Å²) in [5, 5.41) is 10.2. The van der Waals surface area contributed by atoms with Gasteiger partial charge in [-0.1, -0.05) is 11.6 Å². The molecule has 0 heterocycles. The summed E-state index contributed by atoms with van der Waals surface area (Å²) in [6, 6.07) is 4.47. The predicted molar refractivity (Wildman–Crippen MR) is 77.4 cm³/mol. The molecule has 0 spiro atoms. The van der Waals surface area contributed by atoms with Gasteiger partial charge in [0.05, 0.1) is 12.2 Å². The highest BCUT2D eigenvalue weighted by atomic mass is 35.5. The fourth-order valence-electron chi connectivity index (χ4n) is 1.77. The van der Waals surface area contributed by atoms with E-state index in [4.69, 9.17) is 21.1 Å². The summed E-state index contributed by atoms with van der Waals surface area (Å²) in [6.07, 6.45) is 0.723. The van der Waals surface area contributed by atoms with Gasteiger partial charge in [-0.2, -0.15) is 0 Å². The Morgan fingerprint density at radius 1 is 1.25 bits per heavy atom. The van der Waals surface area contributed by atoms with E-state index in [-0.39, 0.29) is 17.2 Å². The van der Waals surface area contributed by atoms with Crippen molar-refractivity contribution in [2.24, 2.45) is 0 Å². The Hall–Kier alpha value is -1.30. The summed E-state index contributed by atoms with van der Waals surface area (Å²) in [4.78, 5) is 14.0. The predicted octanol–water partition coefficient (Wildman–Crippen LogP) is 2.17. The zero-order chi connectivity index (χ0) is 15.0. The minimum Gasteiger partial charge on any atom is -0.507 e. The van der Waals surface area contributed by atoms with Crippen molar-refractivity contribution in [1.82, 2.24) is 4.90 Å². The smallest absolute Gasteiger partial charge is 0.257 e. The Labute approximate surface area is 124 Å². The number of aromatic hydroxyl groups is 1. The van der Waals surface area contributed by atoms with Gasteiger partial charge in [0.2, 0.25) is 0 Å². The number of benzene rings is 1. The molecule has 0 aromatic heterocycles. The van der Waals surface area contributed by atoms with E-state index < -0.39 is 0 Å². The monoisotopic (exact) mass is 301 g/mol. The molecule has 0 aliphatic carbocycles. The highest BCUT2D eigenvalue weighted by Gasteiger charge is 2.18. The van der Waals surface area contributed by atoms with E-state index in [0.29, 0.717) is 31.3 Å². The van der Waals surface area contributed by atoms with E-state index in [0.717, 1.165) is 6.42 Å². The third-order valence-electron chi connectivity index (χ3n) is 2.82. The average molecular weight is 302 g/mol. The van der Waals surface area contributed by atoms with Gasteiger partial charge in [0.25, 0.3) is 5.91 Å². The largest absolute Gasteiger partial charge is 0.507 e. The molecule has 1 rings (SSSR count). The quantitative estimate of drug-likeness (QED) is 0.748. The van der Waals surface area contributed by atoms with E-state index in [1.807, 2.05) is 0 Å². The molecular formula is C14H20ClNO4. The fourth-order valence-corrected chi connectivity index (χ4v) is 1.94. The summed E-state index contributed by atoms with van der Waals surface area (Å²) < 4.78 is 9.99. The lowest BCUT2D eigenvalue weighted by Crippen LogP contribution is -2.35. The Kier molecular flexibility index (Phi) is 7.36. The Morgan fingerprint density at radius 3 is 2.55 bits per heavy atom. The maximum Gasteiger partial charge on any atom is 0.257 e. The Balaban J connectivity index is 2.79. The minimum atomic E-state index is -0.243. The van der Waals surface area contributed by atoms with E-state index in [1.165, 1.54) is 12.1 Å². The van der Waals surface area contributed by atoms with Crippen LogP contribution in [0, 0.1) is 0 Å². The van der Waals surface area contributed by atoms with Gasteiger partial charge in [0.15, 0.2) is 0 Å². The molecule has 6 heteroatoms. The molecule has 5 nitrogen and oxygen atoms in total. The molecule has 0 saturated carbocycles. The molecule has 112 valence electrons. The van der Waals surface area contributed by atoms with E-state index in [2.05, 4.69) is 0 Å². The zero-order valence-corrected chi connectivity index (χ0v) is 12.5. The number of carbonyl (C=O) groups excluding carboxylic acids is 1. The van der Waals surface area contributed by atoms with Crippen molar-refractivity contribution in [3.8, 4) is 5.75 Å². The first-order valence-corrected chi connectivity index (χ1v) is 6.73. The molecule has 0 bridgehead atoms. The van der Waals surface area contributed by atoms with Crippen LogP contribution in [0.4, 0.5) is 0 Å². The van der Waals surface area contributed by atoms with Gasteiger partial charge in [-0.3, -0.25) is 4.79 Å². The van der Waals surface area contributed by atoms with Crippen LogP contribution in [0.1, 0.15) is 16.8 Å². The SMILES string of the molecule is COCCCN(CCOC)C(=O)c1ccc(Cl)cc1O. The zero-order valence-electron chi connectivity index (χ0n) is 11.8. The van der Waals surface area contributed by atoms with Gasteiger partial charge in [-0.05, 0) is 24.6 Å². The van der Waals surface area contributed by atoms with Crippen LogP contribution in [0.3, 0.4) is 0 Å². The van der Waals surface area contributed by atoms with Crippen molar-refractivity contribution < 1.29 is 19.4 Å². The number of ether oxygens (including phenoxy) is 2. The number of halogens is 1. The van der Waals surface area contributed by atoms with Gasteiger partial charge in [0.1, 0.15) is 5.75 Å². The third kappa shape index (κ3) is 5.00. The number of methoxy groups -OCH3 is 2. The molecule has 0 atom stereocenters. The first-order valence-electron chi connectivity index (χ1n) is 6.35. The van der Waals surface area contributed by atoms with Crippen LogP contribution in [-0.4, -0.2) is 56.4 Å². The standard InChI is InChI=1S/C14H20ClNO4/c1-19-8-3-6-16(7-9-20-2)14(18)12-5-4-11(15)10-13(12)17/h4-5,10,17H,3,6-9H2,1-2H3. The molecule has 0 saturated heterocycles. The van der Waals surface area contributed by atoms with Gasteiger partial charge in [-0.15, -0.1) is 0 Å². The van der Waals surface area contributed by atoms with Crippen molar-refractivity contribution in [2.45, 2.75) is 6.42 Å². The summed E-state index contributed by atoms with van der Waals surface area (Å²) >= 11 is 5.77. The lowest BCUT2D eigenvalue weighted by atomic mass is 10.1. The summed E-state index contributed by atoms with van der Waals surface area (Å²) in [5.74, 6) is -0.357. The van der Waals surface area contributed by atoms with Crippen LogP contribution in [-0.2, 0) is 9.47 Å². The number of amides is 1. The second kappa shape index (κ2) is 8.79. The topological polar surface area (TPSA) is 59.0 Å². The number of carbonyl (C=O) groups is 1. The molecule has 0 fully saturated rings. The van der Waals surface area contributed by atoms with Gasteiger partial charge >= 0.3 is 0 Å². The van der Waals surface area contributed by atoms with Gasteiger partial charge < -0.3 is 19.5 Å². The maximum absolute atomic E-state index is 12.4. The molecule has 1 amide bonds. The van der Waals surface area contributed by atoms with Crippen LogP contribution >= 0.6 is 11.6 Å². The highest BCUT2D eigenvalue weighted by molar-refractivity contribution is 6.30. The molecule has 0 radical (unpaired) electrons. The first-order chi connectivity index (χ1) is 9.60. The second-order valence-corrected chi connectivity index (χ2v) is 4.73. The van der Waals surface area contributed by atoms with Crippen LogP contribution in [0.15, 0.2) is 18.2 Å². The van der Waals surface area contributed by atoms with Crippen LogP contribution in [0.2, 0.25) is 5.02 Å². The number of hydrogen-bond donors (Lipinski definition) is 1. The third-order valence-corrected chi connectivity index (χ3v) is 3.05. The summed E-state index contributed by atoms with van der Waals surface area (Å²) in [6.45, 7) is 2.01. The first kappa shape index (κ1) is 16.8. The number of hydrogen-bond acceptors (Lipinski definition) is 4. The number of phenolic OH excluding ortho intramolecular Hbond substituents is 1. The van der Waals surface area contributed by atoms with Gasteiger partial charge in [-0.25, -0.2) is 0 Å². The lowest BCUT2D eigenvalue weighted by molar-refractivity contribution is 0.0671. The molecule has 1 aromatic rings. The minimum absolute atomic E-state index is 0.114. The summed E-state index contributed by atoms with van der Waals surface area (Å²) in [7, 11) is 3.20. The van der Waals surface area contributed by atoms with Crippen molar-refractivity contribution in [3.63, 3.8) is 0 Å². The van der Waals surface area contributed by atoms with E-state index in [9.17, 15) is 9.90 Å². The molecule has 20 heavy (non-hydrogen) atoms. The average Bonchev–Trinajstić information content (AvgIpc) is 2.42. The van der Waals surface area contributed by atoms with Crippen molar-refractivity contribution in [3.05, 3.63) is 28.8 Å². The number of phenols is 1.